The first-order chi connectivity index (χ1) is 7.59. The zero-order valence-corrected chi connectivity index (χ0v) is 8.64. The lowest BCUT2D eigenvalue weighted by Gasteiger charge is -2.04. The second-order valence-electron chi connectivity index (χ2n) is 3.23. The minimum absolute atomic E-state index is 0.174. The third kappa shape index (κ3) is 3.95. The molecule has 6 nitrogen and oxygen atoms in total. The normalized spacial score (nSPS) is 9.75. The Bertz CT molecular complexity index is 393. The molecule has 0 atom stereocenters. The number of anilines is 1. The SMILES string of the molecule is NC(=O)CCCNc1cc(C(=O)O)ccn1. The second kappa shape index (κ2) is 5.69. The van der Waals surface area contributed by atoms with Gasteiger partial charge in [0.2, 0.25) is 5.91 Å². The molecule has 0 bridgehead atoms. The Morgan fingerprint density at radius 1 is 1.50 bits per heavy atom. The van der Waals surface area contributed by atoms with E-state index < -0.39 is 5.97 Å². The van der Waals surface area contributed by atoms with E-state index in [4.69, 9.17) is 10.8 Å². The van der Waals surface area contributed by atoms with Crippen molar-refractivity contribution in [3.63, 3.8) is 0 Å². The van der Waals surface area contributed by atoms with E-state index in [0.29, 0.717) is 25.2 Å². The molecule has 0 saturated carbocycles. The van der Waals surface area contributed by atoms with Gasteiger partial charge in [0, 0.05) is 19.2 Å². The van der Waals surface area contributed by atoms with Gasteiger partial charge >= 0.3 is 5.97 Å². The molecule has 0 aliphatic heterocycles. The molecule has 1 amide bonds. The molecular formula is C10H13N3O3. The largest absolute Gasteiger partial charge is 0.478 e. The number of pyridine rings is 1. The summed E-state index contributed by atoms with van der Waals surface area (Å²) < 4.78 is 0. The Morgan fingerprint density at radius 2 is 2.25 bits per heavy atom. The fraction of sp³-hybridized carbons (Fsp3) is 0.300. The summed E-state index contributed by atoms with van der Waals surface area (Å²) in [6.07, 6.45) is 2.31. The first-order valence-corrected chi connectivity index (χ1v) is 4.81. The van der Waals surface area contributed by atoms with Gasteiger partial charge in [-0.2, -0.15) is 0 Å². The summed E-state index contributed by atoms with van der Waals surface area (Å²) in [6.45, 7) is 0.527. The fourth-order valence-corrected chi connectivity index (χ4v) is 1.14. The number of nitrogens with two attached hydrogens (primary N) is 1. The molecule has 0 aromatic carbocycles. The first-order valence-electron chi connectivity index (χ1n) is 4.81. The lowest BCUT2D eigenvalue weighted by molar-refractivity contribution is -0.118. The molecule has 0 radical (unpaired) electrons. The van der Waals surface area contributed by atoms with E-state index in [1.807, 2.05) is 0 Å². The average Bonchev–Trinajstić information content (AvgIpc) is 2.24. The van der Waals surface area contributed by atoms with Gasteiger partial charge in [-0.1, -0.05) is 0 Å². The predicted octanol–water partition coefficient (Wildman–Crippen LogP) is 0.457. The van der Waals surface area contributed by atoms with Gasteiger partial charge < -0.3 is 16.2 Å². The Balaban J connectivity index is 2.45. The predicted molar refractivity (Wildman–Crippen MR) is 58.1 cm³/mol. The van der Waals surface area contributed by atoms with Crippen LogP contribution in [0.15, 0.2) is 18.3 Å². The second-order valence-corrected chi connectivity index (χ2v) is 3.23. The lowest BCUT2D eigenvalue weighted by atomic mass is 10.2. The summed E-state index contributed by atoms with van der Waals surface area (Å²) in [4.78, 5) is 25.1. The summed E-state index contributed by atoms with van der Waals surface area (Å²) in [7, 11) is 0. The third-order valence-corrected chi connectivity index (χ3v) is 1.91. The van der Waals surface area contributed by atoms with Crippen LogP contribution >= 0.6 is 0 Å². The minimum Gasteiger partial charge on any atom is -0.478 e. The zero-order valence-electron chi connectivity index (χ0n) is 8.64. The van der Waals surface area contributed by atoms with Crippen LogP contribution in [-0.4, -0.2) is 28.5 Å². The highest BCUT2D eigenvalue weighted by Gasteiger charge is 2.03. The van der Waals surface area contributed by atoms with Crippen LogP contribution in [0.25, 0.3) is 0 Å². The Labute approximate surface area is 92.5 Å². The summed E-state index contributed by atoms with van der Waals surface area (Å²) in [5.41, 5.74) is 5.15. The number of nitrogens with zero attached hydrogens (tertiary/aromatic N) is 1. The number of nitrogens with one attached hydrogen (secondary N) is 1. The smallest absolute Gasteiger partial charge is 0.335 e. The van der Waals surface area contributed by atoms with Crippen LogP contribution in [0.2, 0.25) is 0 Å². The first kappa shape index (κ1) is 12.0. The third-order valence-electron chi connectivity index (χ3n) is 1.91. The quantitative estimate of drug-likeness (QED) is 0.607. The molecule has 6 heteroatoms. The summed E-state index contributed by atoms with van der Waals surface area (Å²) in [6, 6.07) is 2.85. The van der Waals surface area contributed by atoms with Gasteiger partial charge in [0.05, 0.1) is 5.56 Å². The van der Waals surface area contributed by atoms with E-state index in [9.17, 15) is 9.59 Å². The number of carboxylic acid groups (broad SMARTS) is 1. The van der Waals surface area contributed by atoms with Crippen LogP contribution in [0, 0.1) is 0 Å². The molecule has 0 spiro atoms. The van der Waals surface area contributed by atoms with E-state index in [2.05, 4.69) is 10.3 Å². The van der Waals surface area contributed by atoms with Gasteiger partial charge in [0.1, 0.15) is 5.82 Å². The number of amides is 1. The molecular weight excluding hydrogens is 210 g/mol. The molecule has 0 saturated heterocycles. The summed E-state index contributed by atoms with van der Waals surface area (Å²) >= 11 is 0. The van der Waals surface area contributed by atoms with Crippen LogP contribution in [0.5, 0.6) is 0 Å². The van der Waals surface area contributed by atoms with Crippen molar-refractivity contribution in [3.8, 4) is 0 Å². The van der Waals surface area contributed by atoms with Crippen molar-refractivity contribution in [2.75, 3.05) is 11.9 Å². The maximum Gasteiger partial charge on any atom is 0.335 e. The Kier molecular flexibility index (Phi) is 4.26. The van der Waals surface area contributed by atoms with Crippen molar-refractivity contribution >= 4 is 17.7 Å². The summed E-state index contributed by atoms with van der Waals surface area (Å²) in [5, 5.41) is 11.6. The molecule has 0 unspecified atom stereocenters. The molecule has 0 aliphatic carbocycles. The Hall–Kier alpha value is -2.11. The number of rotatable bonds is 6. The van der Waals surface area contributed by atoms with Crippen molar-refractivity contribution in [3.05, 3.63) is 23.9 Å². The van der Waals surface area contributed by atoms with Gasteiger partial charge in [-0.25, -0.2) is 9.78 Å². The molecule has 1 aromatic rings. The number of hydrogen-bond acceptors (Lipinski definition) is 4. The van der Waals surface area contributed by atoms with E-state index in [1.54, 1.807) is 0 Å². The number of aromatic carboxylic acids is 1. The van der Waals surface area contributed by atoms with Crippen LogP contribution in [0.3, 0.4) is 0 Å². The lowest BCUT2D eigenvalue weighted by Crippen LogP contribution is -2.13. The standard InChI is InChI=1S/C10H13N3O3/c11-8(14)2-1-4-12-9-6-7(10(15)16)3-5-13-9/h3,5-6H,1-2,4H2,(H2,11,14)(H,12,13)(H,15,16). The van der Waals surface area contributed by atoms with E-state index in [-0.39, 0.29) is 11.5 Å². The fourth-order valence-electron chi connectivity index (χ4n) is 1.14. The topological polar surface area (TPSA) is 105 Å². The van der Waals surface area contributed by atoms with Crippen molar-refractivity contribution in [2.24, 2.45) is 5.73 Å². The van der Waals surface area contributed by atoms with Crippen molar-refractivity contribution in [1.29, 1.82) is 0 Å². The molecule has 86 valence electrons. The number of carbonyl (C=O) groups is 2. The molecule has 0 fully saturated rings. The molecule has 0 aliphatic rings. The minimum atomic E-state index is -0.998. The van der Waals surface area contributed by atoms with Crippen LogP contribution in [0.4, 0.5) is 5.82 Å². The monoisotopic (exact) mass is 223 g/mol. The maximum atomic E-state index is 10.7. The number of carboxylic acids is 1. The van der Waals surface area contributed by atoms with E-state index in [0.717, 1.165) is 0 Å². The maximum absolute atomic E-state index is 10.7. The number of primary amides is 1. The number of hydrogen-bond donors (Lipinski definition) is 3. The van der Waals surface area contributed by atoms with Gasteiger partial charge in [-0.15, -0.1) is 0 Å². The summed E-state index contributed by atoms with van der Waals surface area (Å²) in [5.74, 6) is -0.874. The van der Waals surface area contributed by atoms with Gasteiger partial charge in [-0.3, -0.25) is 4.79 Å². The van der Waals surface area contributed by atoms with Crippen molar-refractivity contribution in [2.45, 2.75) is 12.8 Å². The molecule has 1 heterocycles. The van der Waals surface area contributed by atoms with Gasteiger partial charge in [0.25, 0.3) is 0 Å². The highest BCUT2D eigenvalue weighted by molar-refractivity contribution is 5.88. The Morgan fingerprint density at radius 3 is 2.88 bits per heavy atom. The molecule has 4 N–H and O–H groups in total. The van der Waals surface area contributed by atoms with Gasteiger partial charge in [-0.05, 0) is 18.6 Å². The highest BCUT2D eigenvalue weighted by atomic mass is 16.4. The van der Waals surface area contributed by atoms with Crippen LogP contribution < -0.4 is 11.1 Å². The van der Waals surface area contributed by atoms with Crippen molar-refractivity contribution < 1.29 is 14.7 Å². The number of aromatic nitrogens is 1. The van der Waals surface area contributed by atoms with E-state index >= 15 is 0 Å². The van der Waals surface area contributed by atoms with Crippen molar-refractivity contribution in [1.82, 2.24) is 4.98 Å². The molecule has 16 heavy (non-hydrogen) atoms. The highest BCUT2D eigenvalue weighted by Crippen LogP contribution is 2.06. The van der Waals surface area contributed by atoms with Crippen LogP contribution in [0.1, 0.15) is 23.2 Å². The average molecular weight is 223 g/mol. The number of carbonyl (C=O) groups excluding carboxylic acids is 1. The van der Waals surface area contributed by atoms with Crippen LogP contribution in [-0.2, 0) is 4.79 Å². The zero-order chi connectivity index (χ0) is 12.0. The molecule has 1 rings (SSSR count). The van der Waals surface area contributed by atoms with Gasteiger partial charge in [0.15, 0.2) is 0 Å². The molecule has 1 aromatic heterocycles. The van der Waals surface area contributed by atoms with E-state index in [1.165, 1.54) is 18.3 Å².